The van der Waals surface area contributed by atoms with Crippen molar-refractivity contribution in [2.24, 2.45) is 0 Å². The highest BCUT2D eigenvalue weighted by Gasteiger charge is 2.31. The molecule has 1 heterocycles. The molecule has 6 nitrogen and oxygen atoms in total. The summed E-state index contributed by atoms with van der Waals surface area (Å²) in [5.74, 6) is 0.448. The lowest BCUT2D eigenvalue weighted by Gasteiger charge is -2.23. The highest BCUT2D eigenvalue weighted by Crippen LogP contribution is 2.23. The van der Waals surface area contributed by atoms with Crippen molar-refractivity contribution in [1.29, 1.82) is 0 Å². The fourth-order valence-corrected chi connectivity index (χ4v) is 2.97. The van der Waals surface area contributed by atoms with E-state index in [0.717, 1.165) is 12.8 Å². The maximum atomic E-state index is 12.8. The summed E-state index contributed by atoms with van der Waals surface area (Å²) in [7, 11) is 1.58. The van der Waals surface area contributed by atoms with E-state index in [4.69, 9.17) is 14.2 Å². The van der Waals surface area contributed by atoms with Crippen LogP contribution >= 0.6 is 0 Å². The van der Waals surface area contributed by atoms with Crippen LogP contribution < -0.4 is 9.47 Å². The van der Waals surface area contributed by atoms with Crippen LogP contribution in [0.25, 0.3) is 0 Å². The average molecular weight is 369 g/mol. The molecule has 0 radical (unpaired) electrons. The summed E-state index contributed by atoms with van der Waals surface area (Å²) in [4.78, 5) is 26.9. The van der Waals surface area contributed by atoms with E-state index in [0.29, 0.717) is 30.2 Å². The normalized spacial score (nSPS) is 14.5. The predicted molar refractivity (Wildman–Crippen MR) is 99.6 cm³/mol. The highest BCUT2D eigenvalue weighted by molar-refractivity contribution is 5.85. The minimum absolute atomic E-state index is 0.184. The SMILES string of the molecule is COc1ccc(OCC(=O)OC(C(=O)N2CCCC2)c2ccccc2)cc1. The van der Waals surface area contributed by atoms with Gasteiger partial charge < -0.3 is 19.1 Å². The van der Waals surface area contributed by atoms with E-state index < -0.39 is 12.1 Å². The van der Waals surface area contributed by atoms with Crippen molar-refractivity contribution in [3.8, 4) is 11.5 Å². The Morgan fingerprint density at radius 3 is 2.22 bits per heavy atom. The van der Waals surface area contributed by atoms with Gasteiger partial charge in [-0.05, 0) is 37.1 Å². The lowest BCUT2D eigenvalue weighted by atomic mass is 10.1. The second kappa shape index (κ2) is 9.07. The van der Waals surface area contributed by atoms with E-state index in [9.17, 15) is 9.59 Å². The van der Waals surface area contributed by atoms with E-state index >= 15 is 0 Å². The third-order valence-electron chi connectivity index (χ3n) is 4.41. The van der Waals surface area contributed by atoms with Gasteiger partial charge in [0.05, 0.1) is 7.11 Å². The molecule has 1 saturated heterocycles. The smallest absolute Gasteiger partial charge is 0.345 e. The predicted octanol–water partition coefficient (Wildman–Crippen LogP) is 2.98. The maximum Gasteiger partial charge on any atom is 0.345 e. The van der Waals surface area contributed by atoms with E-state index in [2.05, 4.69) is 0 Å². The Morgan fingerprint density at radius 1 is 0.963 bits per heavy atom. The van der Waals surface area contributed by atoms with Gasteiger partial charge in [-0.15, -0.1) is 0 Å². The van der Waals surface area contributed by atoms with E-state index in [-0.39, 0.29) is 12.5 Å². The zero-order valence-electron chi connectivity index (χ0n) is 15.3. The van der Waals surface area contributed by atoms with Crippen LogP contribution in [0.4, 0.5) is 0 Å². The van der Waals surface area contributed by atoms with Crippen LogP contribution in [0.5, 0.6) is 11.5 Å². The van der Waals surface area contributed by atoms with E-state index in [1.165, 1.54) is 0 Å². The van der Waals surface area contributed by atoms with Gasteiger partial charge in [0.25, 0.3) is 5.91 Å². The van der Waals surface area contributed by atoms with Crippen molar-refractivity contribution >= 4 is 11.9 Å². The number of hydrogen-bond donors (Lipinski definition) is 0. The molecule has 142 valence electrons. The lowest BCUT2D eigenvalue weighted by molar-refractivity contribution is -0.162. The first kappa shape index (κ1) is 18.8. The highest BCUT2D eigenvalue weighted by atomic mass is 16.6. The molecule has 0 spiro atoms. The molecule has 2 aromatic carbocycles. The van der Waals surface area contributed by atoms with Gasteiger partial charge >= 0.3 is 5.97 Å². The Bertz CT molecular complexity index is 754. The second-order valence-electron chi connectivity index (χ2n) is 6.28. The van der Waals surface area contributed by atoms with Crippen molar-refractivity contribution < 1.29 is 23.8 Å². The molecule has 0 bridgehead atoms. The van der Waals surface area contributed by atoms with Crippen molar-refractivity contribution in [2.45, 2.75) is 18.9 Å². The van der Waals surface area contributed by atoms with Gasteiger partial charge in [-0.1, -0.05) is 30.3 Å². The largest absolute Gasteiger partial charge is 0.497 e. The topological polar surface area (TPSA) is 65.1 Å². The number of esters is 1. The number of carbonyl (C=O) groups is 2. The monoisotopic (exact) mass is 369 g/mol. The molecule has 6 heteroatoms. The van der Waals surface area contributed by atoms with Crippen LogP contribution in [-0.4, -0.2) is 43.6 Å². The fraction of sp³-hybridized carbons (Fsp3) is 0.333. The maximum absolute atomic E-state index is 12.8. The van der Waals surface area contributed by atoms with Gasteiger partial charge in [-0.25, -0.2) is 4.79 Å². The molecule has 0 aliphatic carbocycles. The Kier molecular flexibility index (Phi) is 6.30. The molecular formula is C21H23NO5. The lowest BCUT2D eigenvalue weighted by Crippen LogP contribution is -2.35. The third kappa shape index (κ3) is 5.00. The molecule has 1 fully saturated rings. The van der Waals surface area contributed by atoms with Gasteiger partial charge in [0.2, 0.25) is 6.10 Å². The number of likely N-dealkylation sites (tertiary alicyclic amines) is 1. The molecule has 1 unspecified atom stereocenters. The number of ether oxygens (including phenoxy) is 3. The summed E-state index contributed by atoms with van der Waals surface area (Å²) in [6, 6.07) is 16.0. The molecule has 1 atom stereocenters. The fourth-order valence-electron chi connectivity index (χ4n) is 2.97. The zero-order valence-corrected chi connectivity index (χ0v) is 15.3. The van der Waals surface area contributed by atoms with Crippen molar-refractivity contribution in [3.05, 3.63) is 60.2 Å². The summed E-state index contributed by atoms with van der Waals surface area (Å²) in [6.45, 7) is 1.12. The van der Waals surface area contributed by atoms with Gasteiger partial charge in [0, 0.05) is 18.7 Å². The molecule has 27 heavy (non-hydrogen) atoms. The molecule has 3 rings (SSSR count). The number of hydrogen-bond acceptors (Lipinski definition) is 5. The number of benzene rings is 2. The van der Waals surface area contributed by atoms with Crippen molar-refractivity contribution in [2.75, 3.05) is 26.8 Å². The molecule has 0 aromatic heterocycles. The van der Waals surface area contributed by atoms with Gasteiger partial charge in [-0.2, -0.15) is 0 Å². The number of rotatable bonds is 7. The number of amides is 1. The quantitative estimate of drug-likeness (QED) is 0.702. The molecular weight excluding hydrogens is 346 g/mol. The van der Waals surface area contributed by atoms with Crippen LogP contribution in [0.1, 0.15) is 24.5 Å². The molecule has 1 aliphatic heterocycles. The van der Waals surface area contributed by atoms with E-state index in [1.807, 2.05) is 18.2 Å². The van der Waals surface area contributed by atoms with Gasteiger partial charge in [0.1, 0.15) is 11.5 Å². The summed E-state index contributed by atoms with van der Waals surface area (Å²) in [5.41, 5.74) is 0.659. The third-order valence-corrected chi connectivity index (χ3v) is 4.41. The Labute approximate surface area is 158 Å². The van der Waals surface area contributed by atoms with Crippen LogP contribution in [0, 0.1) is 0 Å². The van der Waals surface area contributed by atoms with Crippen molar-refractivity contribution in [1.82, 2.24) is 4.90 Å². The van der Waals surface area contributed by atoms with Gasteiger partial charge in [0.15, 0.2) is 6.61 Å². The first-order valence-electron chi connectivity index (χ1n) is 8.97. The van der Waals surface area contributed by atoms with Gasteiger partial charge in [-0.3, -0.25) is 4.79 Å². The Balaban J connectivity index is 1.63. The Hall–Kier alpha value is -3.02. The average Bonchev–Trinajstić information content (AvgIpc) is 3.26. The van der Waals surface area contributed by atoms with Crippen molar-refractivity contribution in [3.63, 3.8) is 0 Å². The number of nitrogens with zero attached hydrogens (tertiary/aromatic N) is 1. The summed E-state index contributed by atoms with van der Waals surface area (Å²) >= 11 is 0. The number of carbonyl (C=O) groups excluding carboxylic acids is 2. The second-order valence-corrected chi connectivity index (χ2v) is 6.28. The van der Waals surface area contributed by atoms with Crippen LogP contribution in [0.2, 0.25) is 0 Å². The first-order valence-corrected chi connectivity index (χ1v) is 8.97. The van der Waals surface area contributed by atoms with Crippen LogP contribution in [0.15, 0.2) is 54.6 Å². The summed E-state index contributed by atoms with van der Waals surface area (Å²) in [5, 5.41) is 0. The van der Waals surface area contributed by atoms with Crippen LogP contribution in [-0.2, 0) is 14.3 Å². The minimum Gasteiger partial charge on any atom is -0.497 e. The standard InChI is InChI=1S/C21H23NO5/c1-25-17-9-11-18(12-10-17)26-15-19(23)27-20(16-7-3-2-4-8-16)21(24)22-13-5-6-14-22/h2-4,7-12,20H,5-6,13-15H2,1H3. The molecule has 1 aliphatic rings. The minimum atomic E-state index is -0.948. The first-order chi connectivity index (χ1) is 13.2. The van der Waals surface area contributed by atoms with E-state index in [1.54, 1.807) is 48.4 Å². The molecule has 0 N–H and O–H groups in total. The summed E-state index contributed by atoms with van der Waals surface area (Å²) in [6.07, 6.45) is 1.00. The zero-order chi connectivity index (χ0) is 19.1. The molecule has 1 amide bonds. The Morgan fingerprint density at radius 2 is 1.59 bits per heavy atom. The molecule has 2 aromatic rings. The summed E-state index contributed by atoms with van der Waals surface area (Å²) < 4.78 is 16.0. The van der Waals surface area contributed by atoms with Crippen LogP contribution in [0.3, 0.4) is 0 Å². The molecule has 0 saturated carbocycles. The number of methoxy groups -OCH3 is 1.